The van der Waals surface area contributed by atoms with Crippen LogP contribution in [0.15, 0.2) is 188 Å². The number of hydrogen-bond acceptors (Lipinski definition) is 2. The van der Waals surface area contributed by atoms with E-state index in [0.29, 0.717) is 0 Å². The Labute approximate surface area is 337 Å². The van der Waals surface area contributed by atoms with Crippen molar-refractivity contribution < 1.29 is 0 Å². The minimum Gasteiger partial charge on any atom is -0.311 e. The van der Waals surface area contributed by atoms with Crippen LogP contribution in [0.2, 0.25) is 0 Å². The second kappa shape index (κ2) is 12.6. The lowest BCUT2D eigenvalue weighted by atomic mass is 9.33. The summed E-state index contributed by atoms with van der Waals surface area (Å²) in [6.07, 6.45) is 0. The van der Waals surface area contributed by atoms with Crippen molar-refractivity contribution in [3.05, 3.63) is 199 Å². The summed E-state index contributed by atoms with van der Waals surface area (Å²) in [6, 6.07) is 71.3. The van der Waals surface area contributed by atoms with Crippen LogP contribution in [0.1, 0.15) is 31.9 Å². The summed E-state index contributed by atoms with van der Waals surface area (Å²) in [6.45, 7) is 9.37. The van der Waals surface area contributed by atoms with E-state index in [1.165, 1.54) is 93.5 Å². The zero-order chi connectivity index (χ0) is 38.5. The Bertz CT molecular complexity index is 2820. The van der Waals surface area contributed by atoms with Gasteiger partial charge in [-0.2, -0.15) is 0 Å². The van der Waals surface area contributed by atoms with Gasteiger partial charge in [0.15, 0.2) is 8.07 Å². The lowest BCUT2D eigenvalue weighted by molar-refractivity contribution is 0.591. The van der Waals surface area contributed by atoms with Crippen LogP contribution >= 0.6 is 0 Å². The first-order valence-corrected chi connectivity index (χ1v) is 22.2. The molecule has 0 saturated heterocycles. The lowest BCUT2D eigenvalue weighted by Gasteiger charge is -2.45. The van der Waals surface area contributed by atoms with Crippen LogP contribution in [0, 0.1) is 6.92 Å². The van der Waals surface area contributed by atoms with Gasteiger partial charge in [-0.15, -0.1) is 0 Å². The summed E-state index contributed by atoms with van der Waals surface area (Å²) in [5.74, 6) is 0. The highest BCUT2D eigenvalue weighted by atomic mass is 28.3. The van der Waals surface area contributed by atoms with Crippen LogP contribution in [0.4, 0.5) is 34.1 Å². The summed E-state index contributed by atoms with van der Waals surface area (Å²) in [7, 11) is -2.70. The standard InChI is InChI=1S/C53H43BN2Si/c1-36-28-32-48-51-52(36)56(38-18-8-5-9-19-38)46-26-16-15-25-44(46)54(51)45-34-37(53(2,3)4)29-33-47(45)55(48)39-30-31-43-42-24-14-17-27-49(42)57(50(43)35-39,40-20-10-6-11-21-40)41-22-12-7-13-23-41/h5-35H,1-4H3. The molecule has 8 aromatic carbocycles. The van der Waals surface area contributed by atoms with Gasteiger partial charge in [0.25, 0.3) is 6.71 Å². The van der Waals surface area contributed by atoms with Crippen LogP contribution in [0.5, 0.6) is 0 Å². The lowest BCUT2D eigenvalue weighted by Crippen LogP contribution is -2.72. The Morgan fingerprint density at radius 3 is 1.77 bits per heavy atom. The number of rotatable bonds is 4. The fraction of sp³-hybridized carbons (Fsp3) is 0.0943. The molecule has 0 amide bonds. The molecule has 11 rings (SSSR count). The Hall–Kier alpha value is -6.36. The first kappa shape index (κ1) is 33.9. The van der Waals surface area contributed by atoms with Crippen molar-refractivity contribution in [2.45, 2.75) is 33.1 Å². The number of nitrogens with zero attached hydrogens (tertiary/aromatic N) is 2. The van der Waals surface area contributed by atoms with Gasteiger partial charge in [-0.05, 0) is 114 Å². The van der Waals surface area contributed by atoms with Gasteiger partial charge in [-0.1, -0.05) is 166 Å². The number of para-hydroxylation sites is 2. The molecule has 8 aromatic rings. The molecule has 4 heteroatoms. The van der Waals surface area contributed by atoms with E-state index in [0.717, 1.165) is 0 Å². The zero-order valence-corrected chi connectivity index (χ0v) is 33.9. The SMILES string of the molecule is Cc1ccc2c3c1N(c1ccccc1)c1ccccc1B3c1cc(C(C)(C)C)ccc1N2c1ccc2c(c1)[Si](c1ccccc1)(c1ccccc1)c1ccccc1-2. The zero-order valence-electron chi connectivity index (χ0n) is 32.9. The predicted octanol–water partition coefficient (Wildman–Crippen LogP) is 8.73. The average molecular weight is 747 g/mol. The molecule has 3 aliphatic rings. The molecule has 0 unspecified atom stereocenters. The maximum absolute atomic E-state index is 2.70. The molecular weight excluding hydrogens is 703 g/mol. The van der Waals surface area contributed by atoms with Gasteiger partial charge in [0.1, 0.15) is 0 Å². The highest BCUT2D eigenvalue weighted by Gasteiger charge is 2.50. The summed E-state index contributed by atoms with van der Waals surface area (Å²) >= 11 is 0. The fourth-order valence-corrected chi connectivity index (χ4v) is 15.5. The molecule has 0 atom stereocenters. The third kappa shape index (κ3) is 4.84. The second-order valence-corrected chi connectivity index (χ2v) is 20.7. The topological polar surface area (TPSA) is 6.48 Å². The maximum Gasteiger partial charge on any atom is 0.252 e. The van der Waals surface area contributed by atoms with E-state index in [9.17, 15) is 0 Å². The second-order valence-electron chi connectivity index (χ2n) is 16.9. The average Bonchev–Trinajstić information content (AvgIpc) is 3.55. The van der Waals surface area contributed by atoms with Crippen LogP contribution in [0.25, 0.3) is 11.1 Å². The molecule has 0 spiro atoms. The van der Waals surface area contributed by atoms with E-state index in [2.05, 4.69) is 226 Å². The summed E-state index contributed by atoms with van der Waals surface area (Å²) < 4.78 is 0. The van der Waals surface area contributed by atoms with Crippen molar-refractivity contribution in [2.24, 2.45) is 0 Å². The number of anilines is 6. The van der Waals surface area contributed by atoms with Crippen molar-refractivity contribution in [1.82, 2.24) is 0 Å². The Morgan fingerprint density at radius 2 is 1.05 bits per heavy atom. The molecule has 2 nitrogen and oxygen atoms in total. The highest BCUT2D eigenvalue weighted by Crippen LogP contribution is 2.46. The van der Waals surface area contributed by atoms with Crippen LogP contribution in [-0.4, -0.2) is 14.8 Å². The van der Waals surface area contributed by atoms with Gasteiger partial charge >= 0.3 is 0 Å². The molecule has 272 valence electrons. The van der Waals surface area contributed by atoms with Gasteiger partial charge in [-0.3, -0.25) is 0 Å². The number of hydrogen-bond donors (Lipinski definition) is 0. The maximum atomic E-state index is 2.59. The van der Waals surface area contributed by atoms with E-state index in [1.807, 2.05) is 0 Å². The number of aryl methyl sites for hydroxylation is 1. The van der Waals surface area contributed by atoms with Gasteiger partial charge in [0.05, 0.1) is 0 Å². The molecule has 0 aromatic heterocycles. The third-order valence-corrected chi connectivity index (χ3v) is 17.7. The largest absolute Gasteiger partial charge is 0.311 e. The van der Waals surface area contributed by atoms with Gasteiger partial charge in [0, 0.05) is 34.1 Å². The van der Waals surface area contributed by atoms with Gasteiger partial charge in [0.2, 0.25) is 0 Å². The third-order valence-electron chi connectivity index (χ3n) is 12.8. The van der Waals surface area contributed by atoms with Crippen molar-refractivity contribution in [3.8, 4) is 11.1 Å². The molecule has 0 bridgehead atoms. The Morgan fingerprint density at radius 1 is 0.456 bits per heavy atom. The van der Waals surface area contributed by atoms with E-state index < -0.39 is 8.07 Å². The van der Waals surface area contributed by atoms with E-state index in [1.54, 1.807) is 0 Å². The molecular formula is C53H43BN2Si. The minimum absolute atomic E-state index is 0.00422. The van der Waals surface area contributed by atoms with E-state index in [4.69, 9.17) is 0 Å². The smallest absolute Gasteiger partial charge is 0.252 e. The summed E-state index contributed by atoms with van der Waals surface area (Å²) in [4.78, 5) is 5.10. The fourth-order valence-electron chi connectivity index (χ4n) is 10.3. The van der Waals surface area contributed by atoms with E-state index >= 15 is 0 Å². The van der Waals surface area contributed by atoms with Gasteiger partial charge in [-0.25, -0.2) is 0 Å². The van der Waals surface area contributed by atoms with Crippen molar-refractivity contribution in [2.75, 3.05) is 9.80 Å². The Kier molecular flexibility index (Phi) is 7.49. The first-order chi connectivity index (χ1) is 27.9. The van der Waals surface area contributed by atoms with Crippen molar-refractivity contribution >= 4 is 86.0 Å². The molecule has 0 radical (unpaired) electrons. The van der Waals surface area contributed by atoms with Crippen molar-refractivity contribution in [3.63, 3.8) is 0 Å². The molecule has 0 N–H and O–H groups in total. The van der Waals surface area contributed by atoms with Crippen LogP contribution in [0.3, 0.4) is 0 Å². The normalized spacial score (nSPS) is 14.4. The van der Waals surface area contributed by atoms with Crippen LogP contribution < -0.4 is 46.9 Å². The molecule has 0 aliphatic carbocycles. The highest BCUT2D eigenvalue weighted by molar-refractivity contribution is 7.22. The molecule has 3 heterocycles. The first-order valence-electron chi connectivity index (χ1n) is 20.2. The molecule has 3 aliphatic heterocycles. The van der Waals surface area contributed by atoms with Gasteiger partial charge < -0.3 is 9.80 Å². The number of benzene rings is 8. The minimum atomic E-state index is -2.70. The van der Waals surface area contributed by atoms with E-state index in [-0.39, 0.29) is 12.1 Å². The number of fused-ring (bicyclic) bond motifs is 7. The molecule has 0 saturated carbocycles. The summed E-state index contributed by atoms with van der Waals surface area (Å²) in [5, 5.41) is 5.74. The Balaban J connectivity index is 1.23. The quantitative estimate of drug-likeness (QED) is 0.166. The summed E-state index contributed by atoms with van der Waals surface area (Å²) in [5.41, 5.74) is 16.8. The molecule has 57 heavy (non-hydrogen) atoms. The monoisotopic (exact) mass is 746 g/mol. The van der Waals surface area contributed by atoms with Crippen LogP contribution in [-0.2, 0) is 5.41 Å². The molecule has 0 fully saturated rings. The predicted molar refractivity (Wildman–Crippen MR) is 247 cm³/mol. The van der Waals surface area contributed by atoms with Crippen molar-refractivity contribution in [1.29, 1.82) is 0 Å².